The summed E-state index contributed by atoms with van der Waals surface area (Å²) >= 11 is 0. The van der Waals surface area contributed by atoms with Gasteiger partial charge in [0.25, 0.3) is 0 Å². The topological polar surface area (TPSA) is 93.5 Å². The predicted octanol–water partition coefficient (Wildman–Crippen LogP) is 7.70. The fraction of sp³-hybridized carbons (Fsp3) is 0.421. The van der Waals surface area contributed by atoms with Gasteiger partial charge in [-0.1, -0.05) is 110 Å². The lowest BCUT2D eigenvalue weighted by Crippen LogP contribution is -2.48. The van der Waals surface area contributed by atoms with Crippen LogP contribution < -0.4 is 4.72 Å². The highest BCUT2D eigenvalue weighted by Crippen LogP contribution is 2.40. The van der Waals surface area contributed by atoms with Gasteiger partial charge < -0.3 is 9.30 Å². The van der Waals surface area contributed by atoms with Crippen molar-refractivity contribution < 1.29 is 17.9 Å². The van der Waals surface area contributed by atoms with Crippen molar-refractivity contribution in [2.45, 2.75) is 83.3 Å². The van der Waals surface area contributed by atoms with Crippen molar-refractivity contribution in [3.63, 3.8) is 0 Å². The van der Waals surface area contributed by atoms with Crippen LogP contribution in [-0.4, -0.2) is 47.1 Å². The number of benzene rings is 3. The van der Waals surface area contributed by atoms with Crippen LogP contribution in [0, 0.1) is 5.92 Å². The summed E-state index contributed by atoms with van der Waals surface area (Å²) < 4.78 is 38.0. The number of hydrogen-bond donors (Lipinski definition) is 1. The number of carbonyl (C=O) groups excluding carboxylic acids is 1. The standard InChI is InChI=1S/C38H48N4O4S/c1-37(2,3)46-36(43)42(47(44,45)40-28-31-18-8-4-9-19-31)27-17-16-26-35-29-41(30-39-35)38(32-20-10-5-11-21-32,33-22-12-6-13-23-33)34-24-14-7-15-25-34/h5-7,10-15,20-25,29-31,40H,4,8-9,16-19,26-28H2,1-3H3. The number of hydrogen-bond acceptors (Lipinski definition) is 5. The van der Waals surface area contributed by atoms with Gasteiger partial charge >= 0.3 is 16.3 Å². The van der Waals surface area contributed by atoms with Crippen LogP contribution in [0.5, 0.6) is 0 Å². The number of carbonyl (C=O) groups is 1. The Morgan fingerprint density at radius 1 is 0.851 bits per heavy atom. The molecule has 0 saturated heterocycles. The van der Waals surface area contributed by atoms with Gasteiger partial charge in [0, 0.05) is 19.3 Å². The molecule has 250 valence electrons. The maximum absolute atomic E-state index is 13.4. The normalized spacial score (nSPS) is 14.5. The number of aryl methyl sites for hydroxylation is 1. The summed E-state index contributed by atoms with van der Waals surface area (Å²) in [6, 6.07) is 31.3. The van der Waals surface area contributed by atoms with E-state index in [9.17, 15) is 13.2 Å². The first-order valence-electron chi connectivity index (χ1n) is 16.8. The lowest BCUT2D eigenvalue weighted by molar-refractivity contribution is 0.0387. The molecule has 1 fully saturated rings. The number of aromatic nitrogens is 2. The van der Waals surface area contributed by atoms with E-state index in [0.717, 1.165) is 52.4 Å². The number of nitrogens with zero attached hydrogens (tertiary/aromatic N) is 3. The number of rotatable bonds is 13. The molecule has 1 N–H and O–H groups in total. The first-order chi connectivity index (χ1) is 22.6. The maximum Gasteiger partial charge on any atom is 0.425 e. The van der Waals surface area contributed by atoms with Crippen LogP contribution in [0.1, 0.15) is 88.1 Å². The Hall–Kier alpha value is -3.95. The molecule has 0 atom stereocenters. The molecule has 4 aromatic rings. The van der Waals surface area contributed by atoms with E-state index >= 15 is 0 Å². The van der Waals surface area contributed by atoms with Crippen molar-refractivity contribution in [1.82, 2.24) is 18.6 Å². The average Bonchev–Trinajstić information content (AvgIpc) is 3.54. The Kier molecular flexibility index (Phi) is 11.2. The van der Waals surface area contributed by atoms with E-state index in [2.05, 4.69) is 88.3 Å². The van der Waals surface area contributed by atoms with Crippen LogP contribution in [0.2, 0.25) is 0 Å². The van der Waals surface area contributed by atoms with Crippen LogP contribution in [0.3, 0.4) is 0 Å². The fourth-order valence-electron chi connectivity index (χ4n) is 6.54. The fourth-order valence-corrected chi connectivity index (χ4v) is 7.74. The van der Waals surface area contributed by atoms with Gasteiger partial charge in [0.05, 0.1) is 12.0 Å². The summed E-state index contributed by atoms with van der Waals surface area (Å²) in [5.41, 5.74) is 2.75. The minimum Gasteiger partial charge on any atom is -0.443 e. The summed E-state index contributed by atoms with van der Waals surface area (Å²) in [7, 11) is -4.06. The van der Waals surface area contributed by atoms with Crippen molar-refractivity contribution >= 4 is 16.3 Å². The minimum atomic E-state index is -4.06. The number of nitrogens with one attached hydrogen (secondary N) is 1. The maximum atomic E-state index is 13.4. The lowest BCUT2D eigenvalue weighted by atomic mass is 9.77. The lowest BCUT2D eigenvalue weighted by Gasteiger charge is -2.37. The molecule has 1 aliphatic rings. The molecule has 0 bridgehead atoms. The number of imidazole rings is 1. The zero-order chi connectivity index (χ0) is 33.3. The molecule has 0 radical (unpaired) electrons. The Balaban J connectivity index is 1.34. The molecule has 1 aliphatic carbocycles. The molecule has 1 amide bonds. The van der Waals surface area contributed by atoms with E-state index in [0.29, 0.717) is 31.7 Å². The molecule has 3 aromatic carbocycles. The van der Waals surface area contributed by atoms with Crippen LogP contribution in [-0.2, 0) is 26.9 Å². The Labute approximate surface area is 280 Å². The third kappa shape index (κ3) is 8.51. The van der Waals surface area contributed by atoms with Gasteiger partial charge in [-0.25, -0.2) is 9.78 Å². The molecule has 0 unspecified atom stereocenters. The van der Waals surface area contributed by atoms with Gasteiger partial charge in [-0.15, -0.1) is 0 Å². The molecule has 47 heavy (non-hydrogen) atoms. The number of ether oxygens (including phenoxy) is 1. The van der Waals surface area contributed by atoms with Crippen molar-refractivity contribution in [3.8, 4) is 0 Å². The molecule has 0 aliphatic heterocycles. The van der Waals surface area contributed by atoms with E-state index in [4.69, 9.17) is 9.72 Å². The zero-order valence-corrected chi connectivity index (χ0v) is 28.7. The summed E-state index contributed by atoms with van der Waals surface area (Å²) in [5.74, 6) is 0.295. The van der Waals surface area contributed by atoms with E-state index in [1.807, 2.05) is 24.5 Å². The summed E-state index contributed by atoms with van der Waals surface area (Å²) in [4.78, 5) is 17.9. The van der Waals surface area contributed by atoms with Crippen LogP contribution >= 0.6 is 0 Å². The second-order valence-corrected chi connectivity index (χ2v) is 15.1. The molecular weight excluding hydrogens is 609 g/mol. The molecule has 5 rings (SSSR count). The molecule has 1 saturated carbocycles. The summed E-state index contributed by atoms with van der Waals surface area (Å²) in [6.07, 6.45) is 10.3. The van der Waals surface area contributed by atoms with E-state index in [1.165, 1.54) is 6.42 Å². The van der Waals surface area contributed by atoms with Crippen LogP contribution in [0.4, 0.5) is 4.79 Å². The quantitative estimate of drug-likeness (QED) is 0.118. The van der Waals surface area contributed by atoms with Crippen molar-refractivity contribution in [2.75, 3.05) is 13.1 Å². The Morgan fingerprint density at radius 2 is 1.38 bits per heavy atom. The van der Waals surface area contributed by atoms with Crippen molar-refractivity contribution in [1.29, 1.82) is 0 Å². The second-order valence-electron chi connectivity index (χ2n) is 13.4. The van der Waals surface area contributed by atoms with Gasteiger partial charge in [0.2, 0.25) is 0 Å². The monoisotopic (exact) mass is 656 g/mol. The molecule has 8 nitrogen and oxygen atoms in total. The van der Waals surface area contributed by atoms with Crippen molar-refractivity contribution in [2.24, 2.45) is 5.92 Å². The minimum absolute atomic E-state index is 0.0254. The van der Waals surface area contributed by atoms with E-state index in [-0.39, 0.29) is 6.54 Å². The average molecular weight is 657 g/mol. The Bertz CT molecular complexity index is 1570. The van der Waals surface area contributed by atoms with Gasteiger partial charge in [-0.3, -0.25) is 0 Å². The largest absolute Gasteiger partial charge is 0.443 e. The molecule has 9 heteroatoms. The summed E-state index contributed by atoms with van der Waals surface area (Å²) in [6.45, 7) is 5.58. The van der Waals surface area contributed by atoms with Gasteiger partial charge in [-0.05, 0) is 75.5 Å². The third-order valence-electron chi connectivity index (χ3n) is 8.81. The molecule has 1 aromatic heterocycles. The smallest absolute Gasteiger partial charge is 0.425 e. The first kappa shape index (κ1) is 34.4. The highest BCUT2D eigenvalue weighted by molar-refractivity contribution is 7.87. The third-order valence-corrected chi connectivity index (χ3v) is 10.3. The SMILES string of the molecule is CC(C)(C)OC(=O)N(CCCCc1cn(C(c2ccccc2)(c2ccccc2)c2ccccc2)cn1)S(=O)(=O)NCC1CCCCC1. The first-order valence-corrected chi connectivity index (χ1v) is 18.2. The zero-order valence-electron chi connectivity index (χ0n) is 27.8. The number of amides is 1. The van der Waals surface area contributed by atoms with Gasteiger partial charge in [0.15, 0.2) is 0 Å². The van der Waals surface area contributed by atoms with E-state index < -0.39 is 27.4 Å². The molecular formula is C38H48N4O4S. The van der Waals surface area contributed by atoms with Crippen molar-refractivity contribution in [3.05, 3.63) is 126 Å². The highest BCUT2D eigenvalue weighted by Gasteiger charge is 2.38. The number of unbranched alkanes of at least 4 members (excludes halogenated alkanes) is 1. The van der Waals surface area contributed by atoms with Crippen LogP contribution in [0.15, 0.2) is 104 Å². The second kappa shape index (κ2) is 15.3. The Morgan fingerprint density at radius 3 is 1.89 bits per heavy atom. The van der Waals surface area contributed by atoms with Gasteiger partial charge in [-0.2, -0.15) is 17.4 Å². The molecule has 0 spiro atoms. The van der Waals surface area contributed by atoms with E-state index in [1.54, 1.807) is 20.8 Å². The predicted molar refractivity (Wildman–Crippen MR) is 186 cm³/mol. The van der Waals surface area contributed by atoms with Gasteiger partial charge in [0.1, 0.15) is 11.1 Å². The molecule has 1 heterocycles. The van der Waals surface area contributed by atoms with Crippen LogP contribution in [0.25, 0.3) is 0 Å². The summed E-state index contributed by atoms with van der Waals surface area (Å²) in [5, 5.41) is 0. The highest BCUT2D eigenvalue weighted by atomic mass is 32.2.